The van der Waals surface area contributed by atoms with Crippen molar-refractivity contribution in [1.29, 1.82) is 0 Å². The van der Waals surface area contributed by atoms with Gasteiger partial charge in [-0.2, -0.15) is 0 Å². The van der Waals surface area contributed by atoms with Gasteiger partial charge >= 0.3 is 0 Å². The molecule has 0 amide bonds. The molecule has 2 nitrogen and oxygen atoms in total. The summed E-state index contributed by atoms with van der Waals surface area (Å²) in [7, 11) is 0. The Morgan fingerprint density at radius 1 is 0.808 bits per heavy atom. The molecule has 0 aliphatic carbocycles. The normalized spacial score (nSPS) is 18.8. The van der Waals surface area contributed by atoms with Crippen molar-refractivity contribution < 1.29 is 4.74 Å². The Morgan fingerprint density at radius 3 is 2.31 bits per heavy atom. The van der Waals surface area contributed by atoms with Crippen LogP contribution in [0.3, 0.4) is 0 Å². The van der Waals surface area contributed by atoms with Crippen LogP contribution in [0.1, 0.15) is 35.1 Å². The average molecular weight is 343 g/mol. The first-order chi connectivity index (χ1) is 12.9. The average Bonchev–Trinajstić information content (AvgIpc) is 2.72. The fraction of sp³-hybridized carbons (Fsp3) is 0.250. The van der Waals surface area contributed by atoms with E-state index in [1.807, 2.05) is 0 Å². The highest BCUT2D eigenvalue weighted by Crippen LogP contribution is 2.41. The minimum atomic E-state index is 0.132. The third-order valence-corrected chi connectivity index (χ3v) is 5.12. The summed E-state index contributed by atoms with van der Waals surface area (Å²) in [6.07, 6.45) is 2.21. The summed E-state index contributed by atoms with van der Waals surface area (Å²) in [5.41, 5.74) is 3.97. The minimum Gasteiger partial charge on any atom is -0.485 e. The molecule has 2 heteroatoms. The number of benzene rings is 3. The maximum Gasteiger partial charge on any atom is 0.124 e. The molecule has 4 rings (SSSR count). The van der Waals surface area contributed by atoms with Crippen LogP contribution >= 0.6 is 0 Å². The van der Waals surface area contributed by atoms with Crippen LogP contribution in [0.2, 0.25) is 0 Å². The van der Waals surface area contributed by atoms with Gasteiger partial charge in [-0.25, -0.2) is 0 Å². The van der Waals surface area contributed by atoms with Crippen LogP contribution in [0.25, 0.3) is 0 Å². The molecular weight excluding hydrogens is 318 g/mol. The Morgan fingerprint density at radius 2 is 1.50 bits per heavy atom. The number of hydrogen-bond donors (Lipinski definition) is 1. The maximum absolute atomic E-state index is 6.30. The van der Waals surface area contributed by atoms with Crippen LogP contribution < -0.4 is 10.1 Å². The summed E-state index contributed by atoms with van der Waals surface area (Å²) in [5.74, 6) is 1.50. The van der Waals surface area contributed by atoms with Gasteiger partial charge in [0.2, 0.25) is 0 Å². The Balaban J connectivity index is 1.42. The quantitative estimate of drug-likeness (QED) is 0.627. The Hall–Kier alpha value is -2.58. The van der Waals surface area contributed by atoms with Crippen molar-refractivity contribution in [2.24, 2.45) is 0 Å². The van der Waals surface area contributed by atoms with Gasteiger partial charge in [0, 0.05) is 12.5 Å². The van der Waals surface area contributed by atoms with Crippen molar-refractivity contribution in [3.8, 4) is 5.75 Å². The zero-order chi connectivity index (χ0) is 17.6. The molecule has 0 fully saturated rings. The molecule has 0 aromatic heterocycles. The van der Waals surface area contributed by atoms with Crippen molar-refractivity contribution in [1.82, 2.24) is 5.32 Å². The Labute approximate surface area is 155 Å². The van der Waals surface area contributed by atoms with Gasteiger partial charge in [0.1, 0.15) is 11.9 Å². The van der Waals surface area contributed by atoms with E-state index >= 15 is 0 Å². The summed E-state index contributed by atoms with van der Waals surface area (Å²) in [5, 5.41) is 3.66. The van der Waals surface area contributed by atoms with Crippen LogP contribution in [0.15, 0.2) is 84.9 Å². The van der Waals surface area contributed by atoms with Crippen LogP contribution in [0.4, 0.5) is 0 Å². The van der Waals surface area contributed by atoms with Crippen molar-refractivity contribution in [3.05, 3.63) is 102 Å². The molecule has 2 unspecified atom stereocenters. The van der Waals surface area contributed by atoms with E-state index in [1.165, 1.54) is 16.7 Å². The molecule has 1 aliphatic heterocycles. The molecule has 0 spiro atoms. The number of ether oxygens (including phenoxy) is 1. The van der Waals surface area contributed by atoms with Crippen LogP contribution in [-0.2, 0) is 6.42 Å². The van der Waals surface area contributed by atoms with Gasteiger partial charge in [-0.05, 0) is 42.1 Å². The van der Waals surface area contributed by atoms with Gasteiger partial charge in [0.25, 0.3) is 0 Å². The monoisotopic (exact) mass is 343 g/mol. The van der Waals surface area contributed by atoms with E-state index in [0.29, 0.717) is 5.92 Å². The maximum atomic E-state index is 6.30. The lowest BCUT2D eigenvalue weighted by atomic mass is 9.87. The largest absolute Gasteiger partial charge is 0.485 e. The third-order valence-electron chi connectivity index (χ3n) is 5.12. The molecule has 1 heterocycles. The molecule has 132 valence electrons. The van der Waals surface area contributed by atoms with E-state index in [4.69, 9.17) is 4.74 Å². The molecule has 2 atom stereocenters. The molecule has 0 radical (unpaired) electrons. The Kier molecular flexibility index (Phi) is 5.32. The molecule has 3 aromatic carbocycles. The van der Waals surface area contributed by atoms with Gasteiger partial charge in [-0.3, -0.25) is 0 Å². The first-order valence-corrected chi connectivity index (χ1v) is 9.45. The van der Waals surface area contributed by atoms with Gasteiger partial charge in [-0.1, -0.05) is 78.9 Å². The second-order valence-corrected chi connectivity index (χ2v) is 6.93. The predicted octanol–water partition coefficient (Wildman–Crippen LogP) is 5.13. The standard InChI is InChI=1S/C24H25NO/c1-3-9-19(10-4-1)15-16-25-18-21-17-24(20-11-5-2-6-12-20)26-23-14-8-7-13-22(21)23/h1-14,21,24-25H,15-18H2. The molecular formula is C24H25NO. The van der Waals surface area contributed by atoms with E-state index in [1.54, 1.807) is 0 Å². The third kappa shape index (κ3) is 3.97. The highest BCUT2D eigenvalue weighted by molar-refractivity contribution is 5.40. The SMILES string of the molecule is c1ccc(CCNCC2CC(c3ccccc3)Oc3ccccc32)cc1. The lowest BCUT2D eigenvalue weighted by molar-refractivity contribution is 0.159. The van der Waals surface area contributed by atoms with Crippen molar-refractivity contribution in [2.45, 2.75) is 24.9 Å². The van der Waals surface area contributed by atoms with E-state index in [-0.39, 0.29) is 6.10 Å². The number of nitrogens with one attached hydrogen (secondary N) is 1. The highest BCUT2D eigenvalue weighted by atomic mass is 16.5. The highest BCUT2D eigenvalue weighted by Gasteiger charge is 2.28. The fourth-order valence-corrected chi connectivity index (χ4v) is 3.73. The topological polar surface area (TPSA) is 21.3 Å². The zero-order valence-electron chi connectivity index (χ0n) is 15.0. The first-order valence-electron chi connectivity index (χ1n) is 9.45. The van der Waals surface area contributed by atoms with Gasteiger partial charge in [0.15, 0.2) is 0 Å². The second-order valence-electron chi connectivity index (χ2n) is 6.93. The van der Waals surface area contributed by atoms with Gasteiger partial charge < -0.3 is 10.1 Å². The molecule has 3 aromatic rings. The summed E-state index contributed by atoms with van der Waals surface area (Å²) in [6, 6.07) is 29.7. The summed E-state index contributed by atoms with van der Waals surface area (Å²) in [4.78, 5) is 0. The van der Waals surface area contributed by atoms with Gasteiger partial charge in [-0.15, -0.1) is 0 Å². The van der Waals surface area contributed by atoms with E-state index in [9.17, 15) is 0 Å². The zero-order valence-corrected chi connectivity index (χ0v) is 15.0. The molecule has 0 saturated carbocycles. The number of fused-ring (bicyclic) bond motifs is 1. The van der Waals surface area contributed by atoms with Crippen LogP contribution in [0, 0.1) is 0 Å². The van der Waals surface area contributed by atoms with E-state index in [0.717, 1.165) is 31.7 Å². The number of rotatable bonds is 6. The van der Waals surface area contributed by atoms with Crippen LogP contribution in [-0.4, -0.2) is 13.1 Å². The van der Waals surface area contributed by atoms with Crippen molar-refractivity contribution in [3.63, 3.8) is 0 Å². The van der Waals surface area contributed by atoms with E-state index < -0.39 is 0 Å². The second kappa shape index (κ2) is 8.20. The number of hydrogen-bond acceptors (Lipinski definition) is 2. The summed E-state index contributed by atoms with van der Waals surface area (Å²) in [6.45, 7) is 1.98. The first kappa shape index (κ1) is 16.9. The molecule has 0 bridgehead atoms. The van der Waals surface area contributed by atoms with Gasteiger partial charge in [0.05, 0.1) is 0 Å². The minimum absolute atomic E-state index is 0.132. The predicted molar refractivity (Wildman–Crippen MR) is 107 cm³/mol. The molecule has 1 N–H and O–H groups in total. The fourth-order valence-electron chi connectivity index (χ4n) is 3.73. The molecule has 26 heavy (non-hydrogen) atoms. The van der Waals surface area contributed by atoms with Crippen molar-refractivity contribution in [2.75, 3.05) is 13.1 Å². The lowest BCUT2D eigenvalue weighted by Crippen LogP contribution is -2.28. The molecule has 0 saturated heterocycles. The smallest absolute Gasteiger partial charge is 0.124 e. The molecule has 1 aliphatic rings. The summed E-state index contributed by atoms with van der Waals surface area (Å²) >= 11 is 0. The van der Waals surface area contributed by atoms with E-state index in [2.05, 4.69) is 90.2 Å². The van der Waals surface area contributed by atoms with Crippen LogP contribution in [0.5, 0.6) is 5.75 Å². The Bertz CT molecular complexity index is 816. The summed E-state index contributed by atoms with van der Waals surface area (Å²) < 4.78 is 6.30. The number of para-hydroxylation sites is 1. The lowest BCUT2D eigenvalue weighted by Gasteiger charge is -2.32. The van der Waals surface area contributed by atoms with Crippen molar-refractivity contribution >= 4 is 0 Å².